The lowest BCUT2D eigenvalue weighted by molar-refractivity contribution is -0.148. The first-order chi connectivity index (χ1) is 9.87. The molecule has 0 radical (unpaired) electrons. The second kappa shape index (κ2) is 6.74. The lowest BCUT2D eigenvalue weighted by Gasteiger charge is -2.31. The average Bonchev–Trinajstić information content (AvgIpc) is 2.85. The number of piperidine rings is 1. The van der Waals surface area contributed by atoms with Crippen molar-refractivity contribution in [1.29, 1.82) is 0 Å². The number of hydrogen-bond acceptors (Lipinski definition) is 5. The van der Waals surface area contributed by atoms with E-state index in [1.165, 1.54) is 4.90 Å². The van der Waals surface area contributed by atoms with E-state index in [9.17, 15) is 13.2 Å². The number of nitrogens with one attached hydrogen (secondary N) is 1. The Kier molecular flexibility index (Phi) is 5.21. The van der Waals surface area contributed by atoms with Crippen LogP contribution in [0.4, 0.5) is 13.2 Å². The van der Waals surface area contributed by atoms with Gasteiger partial charge in [0.25, 0.3) is 0 Å². The van der Waals surface area contributed by atoms with Crippen LogP contribution >= 0.6 is 0 Å². The third-order valence-corrected chi connectivity index (χ3v) is 3.72. The van der Waals surface area contributed by atoms with E-state index in [4.69, 9.17) is 4.52 Å². The summed E-state index contributed by atoms with van der Waals surface area (Å²) in [4.78, 5) is 5.74. The normalized spacial score (nSPS) is 22.4. The summed E-state index contributed by atoms with van der Waals surface area (Å²) in [6.07, 6.45) is -2.02. The largest absolute Gasteiger partial charge is 0.401 e. The fraction of sp³-hybridized carbons (Fsp3) is 0.846. The van der Waals surface area contributed by atoms with Crippen LogP contribution in [-0.2, 0) is 6.42 Å². The van der Waals surface area contributed by atoms with Crippen LogP contribution in [0, 0.1) is 0 Å². The van der Waals surface area contributed by atoms with Crippen LogP contribution in [-0.4, -0.2) is 53.9 Å². The molecule has 0 spiro atoms. The molecule has 120 valence electrons. The third-order valence-electron chi connectivity index (χ3n) is 3.72. The molecule has 1 aliphatic rings. The fourth-order valence-electron chi connectivity index (χ4n) is 2.55. The van der Waals surface area contributed by atoms with E-state index in [1.807, 2.05) is 14.0 Å². The predicted molar refractivity (Wildman–Crippen MR) is 71.0 cm³/mol. The highest BCUT2D eigenvalue weighted by Crippen LogP contribution is 2.28. The van der Waals surface area contributed by atoms with Gasteiger partial charge in [-0.25, -0.2) is 0 Å². The van der Waals surface area contributed by atoms with Crippen LogP contribution < -0.4 is 5.32 Å². The number of likely N-dealkylation sites (tertiary alicyclic amines) is 1. The Balaban J connectivity index is 1.95. The first-order valence-corrected chi connectivity index (χ1v) is 7.16. The topological polar surface area (TPSA) is 54.2 Å². The summed E-state index contributed by atoms with van der Waals surface area (Å²) >= 11 is 0. The van der Waals surface area contributed by atoms with Gasteiger partial charge < -0.3 is 9.84 Å². The van der Waals surface area contributed by atoms with Gasteiger partial charge >= 0.3 is 6.18 Å². The van der Waals surface area contributed by atoms with Gasteiger partial charge in [0.15, 0.2) is 5.82 Å². The second-order valence-corrected chi connectivity index (χ2v) is 5.63. The number of halogens is 3. The van der Waals surface area contributed by atoms with Gasteiger partial charge in [0, 0.05) is 19.0 Å². The summed E-state index contributed by atoms with van der Waals surface area (Å²) in [5.41, 5.74) is 0. The highest BCUT2D eigenvalue weighted by Gasteiger charge is 2.34. The fourth-order valence-corrected chi connectivity index (χ4v) is 2.55. The molecular formula is C13H21F3N4O. The first-order valence-electron chi connectivity index (χ1n) is 7.16. The van der Waals surface area contributed by atoms with Gasteiger partial charge in [-0.15, -0.1) is 0 Å². The maximum atomic E-state index is 12.5. The molecule has 0 amide bonds. The van der Waals surface area contributed by atoms with Crippen molar-refractivity contribution >= 4 is 0 Å². The molecule has 2 heterocycles. The van der Waals surface area contributed by atoms with E-state index in [-0.39, 0.29) is 12.0 Å². The van der Waals surface area contributed by atoms with E-state index in [0.717, 1.165) is 6.42 Å². The zero-order valence-corrected chi connectivity index (χ0v) is 12.3. The molecule has 2 atom stereocenters. The minimum absolute atomic E-state index is 0.104. The Hall–Kier alpha value is -1.15. The number of rotatable bonds is 5. The van der Waals surface area contributed by atoms with Crippen molar-refractivity contribution in [1.82, 2.24) is 20.4 Å². The maximum absolute atomic E-state index is 12.5. The average molecular weight is 306 g/mol. The SMILES string of the molecule is CNC(C)Cc1noc(C2CCCN(CC(F)(F)F)C2)n1. The predicted octanol–water partition coefficient (Wildman–Crippen LogP) is 1.96. The summed E-state index contributed by atoms with van der Waals surface area (Å²) < 4.78 is 42.6. The molecular weight excluding hydrogens is 285 g/mol. The van der Waals surface area contributed by atoms with Gasteiger partial charge in [-0.1, -0.05) is 5.16 Å². The maximum Gasteiger partial charge on any atom is 0.401 e. The first kappa shape index (κ1) is 16.2. The van der Waals surface area contributed by atoms with Crippen LogP contribution in [0.3, 0.4) is 0 Å². The van der Waals surface area contributed by atoms with Crippen molar-refractivity contribution in [2.24, 2.45) is 0 Å². The number of hydrogen-bond donors (Lipinski definition) is 1. The molecule has 21 heavy (non-hydrogen) atoms. The van der Waals surface area contributed by atoms with Crippen LogP contribution in [0.15, 0.2) is 4.52 Å². The van der Waals surface area contributed by atoms with E-state index in [0.29, 0.717) is 37.6 Å². The Morgan fingerprint density at radius 2 is 2.24 bits per heavy atom. The van der Waals surface area contributed by atoms with Gasteiger partial charge in [0.1, 0.15) is 0 Å². The Morgan fingerprint density at radius 1 is 1.48 bits per heavy atom. The number of aromatic nitrogens is 2. The van der Waals surface area contributed by atoms with Crippen molar-refractivity contribution < 1.29 is 17.7 Å². The Labute approximate surface area is 121 Å². The summed E-state index contributed by atoms with van der Waals surface area (Å²) in [5.74, 6) is 0.951. The second-order valence-electron chi connectivity index (χ2n) is 5.63. The molecule has 1 saturated heterocycles. The van der Waals surface area contributed by atoms with Crippen LogP contribution in [0.1, 0.15) is 37.4 Å². The summed E-state index contributed by atoms with van der Waals surface area (Å²) in [7, 11) is 1.85. The van der Waals surface area contributed by atoms with E-state index in [1.54, 1.807) is 0 Å². The van der Waals surface area contributed by atoms with E-state index in [2.05, 4.69) is 15.5 Å². The molecule has 1 N–H and O–H groups in total. The van der Waals surface area contributed by atoms with E-state index >= 15 is 0 Å². The van der Waals surface area contributed by atoms with Crippen molar-refractivity contribution in [3.8, 4) is 0 Å². The number of nitrogens with zero attached hydrogens (tertiary/aromatic N) is 3. The van der Waals surface area contributed by atoms with Gasteiger partial charge in [-0.2, -0.15) is 18.2 Å². The van der Waals surface area contributed by atoms with Gasteiger partial charge in [0.05, 0.1) is 12.5 Å². The van der Waals surface area contributed by atoms with Gasteiger partial charge in [-0.05, 0) is 33.4 Å². The zero-order valence-electron chi connectivity index (χ0n) is 12.3. The van der Waals surface area contributed by atoms with Crippen molar-refractivity contribution in [3.63, 3.8) is 0 Å². The van der Waals surface area contributed by atoms with Crippen molar-refractivity contribution in [3.05, 3.63) is 11.7 Å². The molecule has 0 saturated carbocycles. The van der Waals surface area contributed by atoms with Crippen molar-refractivity contribution in [2.45, 2.75) is 44.3 Å². The van der Waals surface area contributed by atoms with Gasteiger partial charge in [-0.3, -0.25) is 4.90 Å². The Morgan fingerprint density at radius 3 is 2.90 bits per heavy atom. The van der Waals surface area contributed by atoms with Crippen LogP contribution in [0.25, 0.3) is 0 Å². The zero-order chi connectivity index (χ0) is 15.5. The molecule has 1 aromatic rings. The van der Waals surface area contributed by atoms with E-state index < -0.39 is 12.7 Å². The summed E-state index contributed by atoms with van der Waals surface area (Å²) in [5, 5.41) is 6.99. The molecule has 5 nitrogen and oxygen atoms in total. The molecule has 8 heteroatoms. The highest BCUT2D eigenvalue weighted by atomic mass is 19.4. The quantitative estimate of drug-likeness (QED) is 0.901. The molecule has 0 aromatic carbocycles. The highest BCUT2D eigenvalue weighted by molar-refractivity contribution is 4.98. The minimum Gasteiger partial charge on any atom is -0.339 e. The van der Waals surface area contributed by atoms with Crippen molar-refractivity contribution in [2.75, 3.05) is 26.7 Å². The number of likely N-dealkylation sites (N-methyl/N-ethyl adjacent to an activating group) is 1. The molecule has 0 aliphatic carbocycles. The molecule has 1 aromatic heterocycles. The lowest BCUT2D eigenvalue weighted by Crippen LogP contribution is -2.40. The molecule has 1 aliphatic heterocycles. The molecule has 0 bridgehead atoms. The standard InChI is InChI=1S/C13H21F3N4O/c1-9(17-2)6-11-18-12(21-19-11)10-4-3-5-20(7-10)8-13(14,15)16/h9-10,17H,3-8H2,1-2H3. The lowest BCUT2D eigenvalue weighted by atomic mass is 9.98. The summed E-state index contributed by atoms with van der Waals surface area (Å²) in [6, 6.07) is 0.225. The number of alkyl halides is 3. The monoisotopic (exact) mass is 306 g/mol. The molecule has 2 unspecified atom stereocenters. The molecule has 2 rings (SSSR count). The van der Waals surface area contributed by atoms with Crippen LogP contribution in [0.5, 0.6) is 0 Å². The third kappa shape index (κ3) is 4.96. The van der Waals surface area contributed by atoms with Gasteiger partial charge in [0.2, 0.25) is 5.89 Å². The minimum atomic E-state index is -4.16. The molecule has 1 fully saturated rings. The Bertz CT molecular complexity index is 449. The smallest absolute Gasteiger partial charge is 0.339 e. The van der Waals surface area contributed by atoms with Crippen LogP contribution in [0.2, 0.25) is 0 Å². The summed E-state index contributed by atoms with van der Waals surface area (Å²) in [6.45, 7) is 1.92.